The minimum atomic E-state index is -10.7. The first kappa shape index (κ1) is 33.4. The van der Waals surface area contributed by atoms with Gasteiger partial charge in [0.1, 0.15) is 0 Å². The molecule has 0 aliphatic carbocycles. The second-order valence-electron chi connectivity index (χ2n) is 10.6. The van der Waals surface area contributed by atoms with Crippen molar-refractivity contribution in [1.29, 1.82) is 0 Å². The summed E-state index contributed by atoms with van der Waals surface area (Å²) in [5.41, 5.74) is 11.2. The third kappa shape index (κ3) is 9.52. The van der Waals surface area contributed by atoms with Crippen LogP contribution in [-0.4, -0.2) is 0 Å². The number of rotatable bonds is 6. The minimum absolute atomic E-state index is 1.07. The van der Waals surface area contributed by atoms with Crippen molar-refractivity contribution in [1.82, 2.24) is 0 Å². The molecular weight excluding hydrogens is 654 g/mol. The van der Waals surface area contributed by atoms with Gasteiger partial charge in [-0.15, -0.1) is 0 Å². The van der Waals surface area contributed by atoms with Gasteiger partial charge in [-0.1, -0.05) is 121 Å². The van der Waals surface area contributed by atoms with Crippen LogP contribution in [0.1, 0.15) is 5.56 Å². The molecule has 6 aromatic carbocycles. The molecule has 9 heteroatoms. The van der Waals surface area contributed by atoms with Gasteiger partial charge in [-0.25, -0.2) is 0 Å². The molecular formula is C37H29F6PS2. The summed E-state index contributed by atoms with van der Waals surface area (Å²) in [5.74, 6) is 0. The van der Waals surface area contributed by atoms with Crippen LogP contribution in [0, 0.1) is 6.92 Å². The summed E-state index contributed by atoms with van der Waals surface area (Å²) >= 11 is 5.63. The van der Waals surface area contributed by atoms with E-state index in [1.165, 1.54) is 59.9 Å². The average Bonchev–Trinajstić information content (AvgIpc) is 3.02. The van der Waals surface area contributed by atoms with E-state index in [2.05, 4.69) is 165 Å². The molecule has 6 aromatic rings. The van der Waals surface area contributed by atoms with Crippen LogP contribution in [0.4, 0.5) is 25.2 Å². The van der Waals surface area contributed by atoms with Crippen molar-refractivity contribution in [3.63, 3.8) is 0 Å². The van der Waals surface area contributed by atoms with Gasteiger partial charge < -0.3 is 0 Å². The fourth-order valence-corrected chi connectivity index (χ4v) is 6.26. The Kier molecular flexibility index (Phi) is 9.20. The molecule has 0 N–H and O–H groups in total. The van der Waals surface area contributed by atoms with Crippen LogP contribution in [0.2, 0.25) is 0 Å². The molecule has 0 saturated carbocycles. The average molecular weight is 683 g/mol. The Balaban J connectivity index is 0.000000537. The van der Waals surface area contributed by atoms with Crippen molar-refractivity contribution in [2.75, 3.05) is 0 Å². The van der Waals surface area contributed by atoms with Gasteiger partial charge >= 0.3 is 33.0 Å². The molecule has 6 rings (SSSR count). The van der Waals surface area contributed by atoms with E-state index in [0.29, 0.717) is 0 Å². The van der Waals surface area contributed by atoms with Crippen LogP contribution in [0.3, 0.4) is 0 Å². The summed E-state index contributed by atoms with van der Waals surface area (Å²) in [4.78, 5) is 3.57. The zero-order valence-electron chi connectivity index (χ0n) is 24.5. The van der Waals surface area contributed by atoms with Crippen molar-refractivity contribution >= 4 is 32.2 Å². The van der Waals surface area contributed by atoms with Crippen LogP contribution >= 0.6 is 19.6 Å². The Morgan fingerprint density at radius 3 is 1.48 bits per heavy atom. The van der Waals surface area contributed by atoms with Gasteiger partial charge in [-0.3, -0.25) is 0 Å². The molecule has 0 heterocycles. The molecule has 0 saturated heterocycles. The first-order valence-corrected chi connectivity index (χ1v) is 17.5. The monoisotopic (exact) mass is 682 g/mol. The molecule has 0 bridgehead atoms. The molecule has 0 nitrogen and oxygen atoms in total. The predicted molar refractivity (Wildman–Crippen MR) is 185 cm³/mol. The Morgan fingerprint density at radius 2 is 0.935 bits per heavy atom. The second kappa shape index (κ2) is 12.7. The SMILES string of the molecule is Cc1c(Sc2ccc(-c3ccccc3)cc2)ccc(-c2cc([SH2+])ccc2-c2ccccc2)c1-c1ccccc1.F[P-](F)(F)(F)(F)F. The molecule has 0 spiro atoms. The van der Waals surface area contributed by atoms with E-state index in [4.69, 9.17) is 0 Å². The zero-order chi connectivity index (χ0) is 33.0. The molecule has 0 fully saturated rings. The maximum absolute atomic E-state index is 10.7. The Bertz CT molecular complexity index is 1940. The molecule has 0 aliphatic rings. The van der Waals surface area contributed by atoms with Crippen molar-refractivity contribution < 1.29 is 25.2 Å². The van der Waals surface area contributed by atoms with Gasteiger partial charge in [-0.05, 0) is 100.0 Å². The van der Waals surface area contributed by atoms with Crippen molar-refractivity contribution in [2.24, 2.45) is 0 Å². The van der Waals surface area contributed by atoms with E-state index in [-0.39, 0.29) is 0 Å². The van der Waals surface area contributed by atoms with Crippen LogP contribution in [-0.2, 0) is 12.6 Å². The van der Waals surface area contributed by atoms with E-state index >= 15 is 0 Å². The van der Waals surface area contributed by atoms with E-state index < -0.39 is 7.81 Å². The molecule has 236 valence electrons. The number of benzene rings is 6. The first-order chi connectivity index (χ1) is 21.6. The van der Waals surface area contributed by atoms with Gasteiger partial charge in [0.05, 0.1) is 0 Å². The van der Waals surface area contributed by atoms with E-state index in [0.717, 1.165) is 4.90 Å². The van der Waals surface area contributed by atoms with Crippen LogP contribution in [0.5, 0.6) is 0 Å². The molecule has 0 unspecified atom stereocenters. The van der Waals surface area contributed by atoms with Gasteiger partial charge in [-0.2, -0.15) is 0 Å². The predicted octanol–water partition coefficient (Wildman–Crippen LogP) is 13.6. The van der Waals surface area contributed by atoms with Crippen LogP contribution in [0.25, 0.3) is 44.5 Å². The standard InChI is InChI=1S/C37H28S2.F6P/c1-26-36(39-32-20-17-28(18-21-32)27-11-5-2-6-12-27)24-23-34(37(26)30-15-9-4-10-16-30)35-25-31(38)19-22-33(35)29-13-7-3-8-14-29;1-7(2,3,4,5)6/h2-25,38H,1H3;/q;-1/p+1. The summed E-state index contributed by atoms with van der Waals surface area (Å²) in [7, 11) is -10.7. The Hall–Kier alpha value is -3.97. The summed E-state index contributed by atoms with van der Waals surface area (Å²) in [5, 5.41) is 0. The van der Waals surface area contributed by atoms with Gasteiger partial charge in [0, 0.05) is 15.9 Å². The molecule has 46 heavy (non-hydrogen) atoms. The first-order valence-electron chi connectivity index (χ1n) is 14.1. The third-order valence-electron chi connectivity index (χ3n) is 7.06. The summed E-state index contributed by atoms with van der Waals surface area (Å²) in [6, 6.07) is 52.0. The van der Waals surface area contributed by atoms with E-state index in [9.17, 15) is 25.2 Å². The van der Waals surface area contributed by atoms with Gasteiger partial charge in [0.15, 0.2) is 4.90 Å². The Morgan fingerprint density at radius 1 is 0.478 bits per heavy atom. The number of halogens is 6. The maximum atomic E-state index is 9.87. The molecule has 0 radical (unpaired) electrons. The zero-order valence-corrected chi connectivity index (χ0v) is 27.2. The summed E-state index contributed by atoms with van der Waals surface area (Å²) in [6.45, 7) is 2.26. The molecule has 0 amide bonds. The normalized spacial score (nSPS) is 12.8. The van der Waals surface area contributed by atoms with Crippen molar-refractivity contribution in [2.45, 2.75) is 21.6 Å². The fourth-order valence-electron chi connectivity index (χ4n) is 5.11. The van der Waals surface area contributed by atoms with Gasteiger partial charge in [0.2, 0.25) is 0 Å². The molecule has 0 atom stereocenters. The van der Waals surface area contributed by atoms with E-state index in [1.54, 1.807) is 0 Å². The molecule has 0 aliphatic heterocycles. The third-order valence-corrected chi connectivity index (χ3v) is 8.54. The topological polar surface area (TPSA) is 0 Å². The van der Waals surface area contributed by atoms with Crippen LogP contribution < -0.4 is 0 Å². The van der Waals surface area contributed by atoms with Gasteiger partial charge in [0.25, 0.3) is 0 Å². The molecule has 0 aromatic heterocycles. The summed E-state index contributed by atoms with van der Waals surface area (Å²) in [6.07, 6.45) is 0. The number of hydrogen-bond acceptors (Lipinski definition) is 1. The summed E-state index contributed by atoms with van der Waals surface area (Å²) < 4.78 is 59.2. The second-order valence-corrected chi connectivity index (χ2v) is 14.2. The quantitative estimate of drug-likeness (QED) is 0.0957. The van der Waals surface area contributed by atoms with E-state index in [1.807, 2.05) is 11.8 Å². The fraction of sp³-hybridized carbons (Fsp3) is 0.0270. The Labute approximate surface area is 273 Å². The van der Waals surface area contributed by atoms with Crippen molar-refractivity contribution in [3.05, 3.63) is 151 Å². The van der Waals surface area contributed by atoms with Crippen LogP contribution in [0.15, 0.2) is 160 Å². The van der Waals surface area contributed by atoms with Crippen molar-refractivity contribution in [3.8, 4) is 44.5 Å². The number of hydrogen-bond donors (Lipinski definition) is 0.